The first-order valence-corrected chi connectivity index (χ1v) is 15.9. The number of ether oxygens (including phenoxy) is 2. The van der Waals surface area contributed by atoms with E-state index in [1.807, 2.05) is 6.92 Å². The van der Waals surface area contributed by atoms with Crippen molar-refractivity contribution < 1.29 is 27.8 Å². The van der Waals surface area contributed by atoms with E-state index in [2.05, 4.69) is 34.7 Å². The number of nitrogens with one attached hydrogen (secondary N) is 3. The molecule has 1 fully saturated rings. The van der Waals surface area contributed by atoms with Crippen LogP contribution >= 0.6 is 0 Å². The number of nitrogens with zero attached hydrogens (tertiary/aromatic N) is 1. The molecule has 45 heavy (non-hydrogen) atoms. The summed E-state index contributed by atoms with van der Waals surface area (Å²) in [6.07, 6.45) is 7.38. The van der Waals surface area contributed by atoms with Crippen molar-refractivity contribution in [1.82, 2.24) is 10.2 Å². The quantitative estimate of drug-likeness (QED) is 0.157. The molecule has 0 unspecified atom stereocenters. The number of aryl methyl sites for hydroxylation is 1. The second-order valence-corrected chi connectivity index (χ2v) is 11.4. The van der Waals surface area contributed by atoms with Gasteiger partial charge in [-0.25, -0.2) is 13.6 Å². The second kappa shape index (κ2) is 16.8. The zero-order valence-electron chi connectivity index (χ0n) is 26.4. The number of carbonyl (C=O) groups is 2. The van der Waals surface area contributed by atoms with Gasteiger partial charge in [0.2, 0.25) is 0 Å². The molecule has 0 radical (unpaired) electrons. The fourth-order valence-electron chi connectivity index (χ4n) is 5.13. The van der Waals surface area contributed by atoms with E-state index in [1.54, 1.807) is 18.2 Å². The Morgan fingerprint density at radius 3 is 2.09 bits per heavy atom. The third-order valence-electron chi connectivity index (χ3n) is 7.77. The fourth-order valence-corrected chi connectivity index (χ4v) is 5.13. The van der Waals surface area contributed by atoms with E-state index in [-0.39, 0.29) is 29.0 Å². The maximum atomic E-state index is 14.9. The lowest BCUT2D eigenvalue weighted by atomic mass is 10.1. The Kier molecular flexibility index (Phi) is 12.6. The number of hydrogen-bond donors (Lipinski definition) is 3. The van der Waals surface area contributed by atoms with Crippen LogP contribution in [0.3, 0.4) is 0 Å². The van der Waals surface area contributed by atoms with Gasteiger partial charge in [0.15, 0.2) is 0 Å². The maximum absolute atomic E-state index is 14.9. The van der Waals surface area contributed by atoms with E-state index >= 15 is 0 Å². The van der Waals surface area contributed by atoms with Gasteiger partial charge >= 0.3 is 6.03 Å². The van der Waals surface area contributed by atoms with Crippen LogP contribution in [0.15, 0.2) is 54.6 Å². The van der Waals surface area contributed by atoms with Crippen LogP contribution in [0.1, 0.15) is 74.7 Å². The summed E-state index contributed by atoms with van der Waals surface area (Å²) in [5.41, 5.74) is 1.20. The van der Waals surface area contributed by atoms with Crippen LogP contribution in [0.2, 0.25) is 0 Å². The molecule has 1 aliphatic rings. The van der Waals surface area contributed by atoms with Gasteiger partial charge in [-0.05, 0) is 87.2 Å². The van der Waals surface area contributed by atoms with Gasteiger partial charge in [0.05, 0.1) is 11.4 Å². The Labute approximate surface area is 264 Å². The Morgan fingerprint density at radius 1 is 0.844 bits per heavy atom. The molecule has 0 aliphatic carbocycles. The molecule has 0 atom stereocenters. The summed E-state index contributed by atoms with van der Waals surface area (Å²) in [7, 11) is 0. The molecule has 242 valence electrons. The highest BCUT2D eigenvalue weighted by molar-refractivity contribution is 6.04. The Balaban J connectivity index is 1.29. The molecule has 0 spiro atoms. The molecule has 10 heteroatoms. The third-order valence-corrected chi connectivity index (χ3v) is 7.77. The van der Waals surface area contributed by atoms with Crippen molar-refractivity contribution in [1.29, 1.82) is 0 Å². The highest BCUT2D eigenvalue weighted by Gasteiger charge is 2.21. The highest BCUT2D eigenvalue weighted by Crippen LogP contribution is 2.29. The highest BCUT2D eigenvalue weighted by atomic mass is 19.1. The van der Waals surface area contributed by atoms with E-state index in [9.17, 15) is 18.4 Å². The van der Waals surface area contributed by atoms with E-state index < -0.39 is 23.6 Å². The molecule has 1 aliphatic heterocycles. The molecule has 1 saturated heterocycles. The standard InChI is InChI=1S/C35H44F2N4O4/c1-4-6-8-17-38-35(43)40-32-13-11-28(23-30(32)37)44-27-10-12-31(29(36)22-27)39-34(42)25-9-14-33(24(3)21-25)45-26-15-19-41(20-16-26)18-7-5-2/h9-14,21-23,26H,4-8,15-20H2,1-3H3,(H,39,42)(H2,38,40,43). The van der Waals surface area contributed by atoms with Crippen LogP contribution in [0.25, 0.3) is 0 Å². The monoisotopic (exact) mass is 622 g/mol. The van der Waals surface area contributed by atoms with Crippen molar-refractivity contribution >= 4 is 23.3 Å². The SMILES string of the molecule is CCCCCNC(=O)Nc1ccc(Oc2ccc(NC(=O)c3ccc(OC4CCN(CCCC)CC4)c(C)c3)c(F)c2)cc1F. The number of rotatable bonds is 14. The van der Waals surface area contributed by atoms with Gasteiger partial charge < -0.3 is 30.3 Å². The van der Waals surface area contributed by atoms with Crippen molar-refractivity contribution in [2.45, 2.75) is 71.8 Å². The summed E-state index contributed by atoms with van der Waals surface area (Å²) < 4.78 is 41.4. The molecule has 3 amide bonds. The molecule has 0 aromatic heterocycles. The van der Waals surface area contributed by atoms with Gasteiger partial charge in [-0.1, -0.05) is 33.1 Å². The number of benzene rings is 3. The smallest absolute Gasteiger partial charge is 0.319 e. The summed E-state index contributed by atoms with van der Waals surface area (Å²) in [5, 5.41) is 7.75. The molecular formula is C35H44F2N4O4. The first kappa shape index (κ1) is 33.7. The third kappa shape index (κ3) is 10.2. The number of halogens is 2. The summed E-state index contributed by atoms with van der Waals surface area (Å²) >= 11 is 0. The fraction of sp³-hybridized carbons (Fsp3) is 0.429. The van der Waals surface area contributed by atoms with Crippen LogP contribution in [-0.4, -0.2) is 49.1 Å². The zero-order valence-corrected chi connectivity index (χ0v) is 26.4. The van der Waals surface area contributed by atoms with Gasteiger partial charge in [-0.3, -0.25) is 4.79 Å². The zero-order chi connectivity index (χ0) is 32.2. The normalized spacial score (nSPS) is 13.7. The summed E-state index contributed by atoms with van der Waals surface area (Å²) in [6.45, 7) is 9.86. The lowest BCUT2D eigenvalue weighted by Crippen LogP contribution is -2.38. The lowest BCUT2D eigenvalue weighted by Gasteiger charge is -2.32. The van der Waals surface area contributed by atoms with Crippen molar-refractivity contribution in [3.05, 3.63) is 77.4 Å². The summed E-state index contributed by atoms with van der Waals surface area (Å²) in [6, 6.07) is 12.6. The molecule has 4 rings (SSSR count). The molecule has 0 bridgehead atoms. The van der Waals surface area contributed by atoms with Crippen LogP contribution in [0.5, 0.6) is 17.2 Å². The topological polar surface area (TPSA) is 91.9 Å². The van der Waals surface area contributed by atoms with Crippen molar-refractivity contribution in [3.63, 3.8) is 0 Å². The minimum Gasteiger partial charge on any atom is -0.490 e. The largest absolute Gasteiger partial charge is 0.490 e. The minimum absolute atomic E-state index is 0.00227. The number of piperidine rings is 1. The Morgan fingerprint density at radius 2 is 1.49 bits per heavy atom. The molecule has 0 saturated carbocycles. The van der Waals surface area contributed by atoms with Crippen molar-refractivity contribution in [2.75, 3.05) is 36.8 Å². The molecule has 3 aromatic rings. The predicted octanol–water partition coefficient (Wildman–Crippen LogP) is 8.27. The van der Waals surface area contributed by atoms with E-state index in [4.69, 9.17) is 9.47 Å². The Hall–Kier alpha value is -4.18. The predicted molar refractivity (Wildman–Crippen MR) is 174 cm³/mol. The molecule has 8 nitrogen and oxygen atoms in total. The van der Waals surface area contributed by atoms with Crippen molar-refractivity contribution in [3.8, 4) is 17.2 Å². The number of unbranched alkanes of at least 4 members (excludes halogenated alkanes) is 3. The average Bonchev–Trinajstić information content (AvgIpc) is 3.02. The summed E-state index contributed by atoms with van der Waals surface area (Å²) in [4.78, 5) is 27.4. The number of urea groups is 1. The Bertz CT molecular complexity index is 1440. The van der Waals surface area contributed by atoms with Gasteiger partial charge in [0.25, 0.3) is 5.91 Å². The van der Waals surface area contributed by atoms with E-state index in [0.29, 0.717) is 12.1 Å². The molecule has 3 N–H and O–H groups in total. The minimum atomic E-state index is -0.707. The van der Waals surface area contributed by atoms with E-state index in [0.717, 1.165) is 75.2 Å². The number of carbonyl (C=O) groups excluding carboxylic acids is 2. The first-order valence-electron chi connectivity index (χ1n) is 15.9. The molecule has 1 heterocycles. The number of likely N-dealkylation sites (tertiary alicyclic amines) is 1. The first-order chi connectivity index (χ1) is 21.7. The maximum Gasteiger partial charge on any atom is 0.319 e. The molecule has 3 aromatic carbocycles. The number of anilines is 2. The molecular weight excluding hydrogens is 578 g/mol. The van der Waals surface area contributed by atoms with Crippen LogP contribution < -0.4 is 25.4 Å². The summed E-state index contributed by atoms with van der Waals surface area (Å²) in [5.74, 6) is -0.871. The lowest BCUT2D eigenvalue weighted by molar-refractivity contribution is 0.0991. The van der Waals surface area contributed by atoms with Gasteiger partial charge in [0.1, 0.15) is 35.0 Å². The average molecular weight is 623 g/mol. The van der Waals surface area contributed by atoms with Crippen LogP contribution in [0, 0.1) is 18.6 Å². The van der Waals surface area contributed by atoms with Gasteiger partial charge in [-0.15, -0.1) is 0 Å². The van der Waals surface area contributed by atoms with Gasteiger partial charge in [0, 0.05) is 37.3 Å². The van der Waals surface area contributed by atoms with Gasteiger partial charge in [-0.2, -0.15) is 0 Å². The second-order valence-electron chi connectivity index (χ2n) is 11.4. The van der Waals surface area contributed by atoms with Crippen LogP contribution in [0.4, 0.5) is 25.0 Å². The number of amides is 3. The number of hydrogen-bond acceptors (Lipinski definition) is 5. The van der Waals surface area contributed by atoms with E-state index in [1.165, 1.54) is 37.1 Å². The van der Waals surface area contributed by atoms with Crippen LogP contribution in [-0.2, 0) is 0 Å². The van der Waals surface area contributed by atoms with Crippen molar-refractivity contribution in [2.24, 2.45) is 0 Å².